The van der Waals surface area contributed by atoms with E-state index in [-0.39, 0.29) is 30.2 Å². The van der Waals surface area contributed by atoms with Crippen molar-refractivity contribution < 1.29 is 14.4 Å². The number of nitrogens with one attached hydrogen (secondary N) is 1. The number of likely N-dealkylation sites (tertiary alicyclic amines) is 1. The number of anilines is 2. The fraction of sp³-hybridized carbons (Fsp3) is 0.276. The second kappa shape index (κ2) is 11.3. The Hall–Kier alpha value is -5.11. The van der Waals surface area contributed by atoms with E-state index in [0.29, 0.717) is 46.9 Å². The number of carbonyl (C=O) groups is 3. The van der Waals surface area contributed by atoms with Crippen LogP contribution in [0.25, 0.3) is 22.2 Å². The highest BCUT2D eigenvalue weighted by atomic mass is 16.2. The summed E-state index contributed by atoms with van der Waals surface area (Å²) < 4.78 is 2.06. The summed E-state index contributed by atoms with van der Waals surface area (Å²) >= 11 is 0. The fourth-order valence-corrected chi connectivity index (χ4v) is 5.10. The van der Waals surface area contributed by atoms with Crippen molar-refractivity contribution in [1.29, 1.82) is 5.26 Å². The average molecular weight is 537 g/mol. The molecule has 1 aliphatic heterocycles. The summed E-state index contributed by atoms with van der Waals surface area (Å²) in [7, 11) is 0. The first-order valence-electron chi connectivity index (χ1n) is 13.0. The second-order valence-corrected chi connectivity index (χ2v) is 9.86. The fourth-order valence-electron chi connectivity index (χ4n) is 5.10. The normalized spacial score (nSPS) is 15.8. The van der Waals surface area contributed by atoms with Gasteiger partial charge in [-0.2, -0.15) is 5.26 Å². The number of nitrogens with two attached hydrogens (primary N) is 1. The van der Waals surface area contributed by atoms with E-state index >= 15 is 0 Å². The lowest BCUT2D eigenvalue weighted by atomic mass is 10.0. The molecule has 11 heteroatoms. The monoisotopic (exact) mass is 536 g/mol. The number of pyridine rings is 1. The van der Waals surface area contributed by atoms with Gasteiger partial charge in [-0.25, -0.2) is 15.0 Å². The standard InChI is InChI=1S/C29H28N8O3/c1-18(9-12-38)29(40)36-11-2-3-22(15-36)37-16-23(25-26(31)33-17-34-27(25)37)20-4-6-21(7-5-20)28(39)35-24-13-19(14-30)8-10-32-24/h4-8,10,12-13,16-18,22H,2-3,9,11,15H2,1H3,(H2,31,33,34)(H,32,35,39)/t18?,22-/m1/s1. The lowest BCUT2D eigenvalue weighted by Gasteiger charge is -2.35. The van der Waals surface area contributed by atoms with Crippen LogP contribution in [0.4, 0.5) is 11.6 Å². The summed E-state index contributed by atoms with van der Waals surface area (Å²) in [6.07, 6.45) is 7.56. The zero-order valence-corrected chi connectivity index (χ0v) is 21.9. The minimum atomic E-state index is -0.354. The van der Waals surface area contributed by atoms with Crippen molar-refractivity contribution in [2.75, 3.05) is 24.1 Å². The highest BCUT2D eigenvalue weighted by Gasteiger charge is 2.29. The average Bonchev–Trinajstić information content (AvgIpc) is 3.38. The Kier molecular flexibility index (Phi) is 7.50. The number of fused-ring (bicyclic) bond motifs is 1. The van der Waals surface area contributed by atoms with Crippen molar-refractivity contribution in [3.63, 3.8) is 0 Å². The number of piperidine rings is 1. The molecule has 1 aliphatic rings. The molecule has 4 aromatic rings. The quantitative estimate of drug-likeness (QED) is 0.339. The summed E-state index contributed by atoms with van der Waals surface area (Å²) in [5.41, 5.74) is 9.46. The highest BCUT2D eigenvalue weighted by molar-refractivity contribution is 6.05. The molecule has 40 heavy (non-hydrogen) atoms. The number of hydrogen-bond donors (Lipinski definition) is 2. The molecule has 0 radical (unpaired) electrons. The van der Waals surface area contributed by atoms with Crippen molar-refractivity contribution >= 4 is 40.8 Å². The van der Waals surface area contributed by atoms with Gasteiger partial charge in [0.1, 0.15) is 29.9 Å². The number of aromatic nitrogens is 4. The van der Waals surface area contributed by atoms with Gasteiger partial charge in [0.05, 0.1) is 23.1 Å². The summed E-state index contributed by atoms with van der Waals surface area (Å²) in [6, 6.07) is 12.1. The smallest absolute Gasteiger partial charge is 0.256 e. The predicted octanol–water partition coefficient (Wildman–Crippen LogP) is 3.59. The lowest BCUT2D eigenvalue weighted by Crippen LogP contribution is -2.43. The molecule has 1 unspecified atom stereocenters. The van der Waals surface area contributed by atoms with Crippen LogP contribution in [-0.2, 0) is 9.59 Å². The van der Waals surface area contributed by atoms with Crippen molar-refractivity contribution in [2.24, 2.45) is 5.92 Å². The number of carbonyl (C=O) groups excluding carboxylic acids is 3. The largest absolute Gasteiger partial charge is 0.383 e. The van der Waals surface area contributed by atoms with Crippen molar-refractivity contribution in [3.05, 3.63) is 66.2 Å². The molecule has 0 bridgehead atoms. The molecule has 2 amide bonds. The molecule has 3 N–H and O–H groups in total. The third-order valence-electron chi connectivity index (χ3n) is 7.20. The van der Waals surface area contributed by atoms with Crippen LogP contribution in [0.3, 0.4) is 0 Å². The van der Waals surface area contributed by atoms with Crippen LogP contribution >= 0.6 is 0 Å². The van der Waals surface area contributed by atoms with Gasteiger partial charge in [-0.15, -0.1) is 0 Å². The number of nitrogen functional groups attached to an aromatic ring is 1. The van der Waals surface area contributed by atoms with Crippen LogP contribution in [0.15, 0.2) is 55.1 Å². The Balaban J connectivity index is 1.42. The maximum atomic E-state index is 12.9. The van der Waals surface area contributed by atoms with Gasteiger partial charge in [-0.3, -0.25) is 9.59 Å². The Morgan fingerprint density at radius 2 is 2.02 bits per heavy atom. The van der Waals surface area contributed by atoms with E-state index in [1.807, 2.05) is 29.3 Å². The molecule has 2 atom stereocenters. The van der Waals surface area contributed by atoms with Gasteiger partial charge in [0.15, 0.2) is 0 Å². The zero-order chi connectivity index (χ0) is 28.2. The van der Waals surface area contributed by atoms with E-state index in [2.05, 4.69) is 24.8 Å². The number of amides is 2. The molecule has 3 aromatic heterocycles. The molecule has 4 heterocycles. The molecule has 5 rings (SSSR count). The van der Waals surface area contributed by atoms with Gasteiger partial charge in [0.2, 0.25) is 5.91 Å². The molecule has 0 spiro atoms. The van der Waals surface area contributed by atoms with Crippen molar-refractivity contribution in [1.82, 2.24) is 24.4 Å². The molecule has 11 nitrogen and oxygen atoms in total. The van der Waals surface area contributed by atoms with Crippen LogP contribution in [0.5, 0.6) is 0 Å². The minimum absolute atomic E-state index is 0.0200. The Morgan fingerprint density at radius 3 is 2.77 bits per heavy atom. The zero-order valence-electron chi connectivity index (χ0n) is 21.9. The van der Waals surface area contributed by atoms with Crippen LogP contribution in [-0.4, -0.2) is 55.6 Å². The first kappa shape index (κ1) is 26.5. The maximum Gasteiger partial charge on any atom is 0.256 e. The first-order chi connectivity index (χ1) is 19.4. The number of aldehydes is 1. The molecule has 1 saturated heterocycles. The third kappa shape index (κ3) is 5.24. The molecule has 0 aliphatic carbocycles. The van der Waals surface area contributed by atoms with Crippen LogP contribution in [0.1, 0.15) is 48.1 Å². The van der Waals surface area contributed by atoms with Crippen molar-refractivity contribution in [2.45, 2.75) is 32.2 Å². The SMILES string of the molecule is CC(CC=O)C(=O)N1CCC[C@@H](n2cc(-c3ccc(C(=O)Nc4cc(C#N)ccn4)cc3)c3c(N)ncnc32)C1. The topological polar surface area (TPSA) is 160 Å². The summed E-state index contributed by atoms with van der Waals surface area (Å²) in [4.78, 5) is 51.3. The van der Waals surface area contributed by atoms with E-state index < -0.39 is 0 Å². The predicted molar refractivity (Wildman–Crippen MR) is 149 cm³/mol. The van der Waals surface area contributed by atoms with Gasteiger partial charge >= 0.3 is 0 Å². The van der Waals surface area contributed by atoms with Gasteiger partial charge < -0.3 is 25.3 Å². The van der Waals surface area contributed by atoms with E-state index in [1.165, 1.54) is 18.6 Å². The van der Waals surface area contributed by atoms with Gasteiger partial charge in [0.25, 0.3) is 5.91 Å². The molecular formula is C29H28N8O3. The second-order valence-electron chi connectivity index (χ2n) is 9.86. The van der Waals surface area contributed by atoms with Gasteiger partial charge in [-0.05, 0) is 42.7 Å². The number of nitriles is 1. The Morgan fingerprint density at radius 1 is 1.23 bits per heavy atom. The Labute approximate surface area is 230 Å². The first-order valence-corrected chi connectivity index (χ1v) is 13.0. The molecule has 1 fully saturated rings. The van der Waals surface area contributed by atoms with Gasteiger partial charge in [0, 0.05) is 48.9 Å². The maximum absolute atomic E-state index is 12.9. The number of rotatable bonds is 7. The van der Waals surface area contributed by atoms with Crippen LogP contribution < -0.4 is 11.1 Å². The summed E-state index contributed by atoms with van der Waals surface area (Å²) in [6.45, 7) is 2.94. The number of nitrogens with zero attached hydrogens (tertiary/aromatic N) is 6. The summed E-state index contributed by atoms with van der Waals surface area (Å²) in [5, 5.41) is 12.5. The molecule has 1 aromatic carbocycles. The lowest BCUT2D eigenvalue weighted by molar-refractivity contribution is -0.137. The van der Waals surface area contributed by atoms with E-state index in [4.69, 9.17) is 11.0 Å². The Bertz CT molecular complexity index is 1620. The number of benzene rings is 1. The minimum Gasteiger partial charge on any atom is -0.383 e. The summed E-state index contributed by atoms with van der Waals surface area (Å²) in [5.74, 6) is -0.0942. The highest BCUT2D eigenvalue weighted by Crippen LogP contribution is 2.36. The van der Waals surface area contributed by atoms with Gasteiger partial charge in [-0.1, -0.05) is 19.1 Å². The van der Waals surface area contributed by atoms with E-state index in [1.54, 1.807) is 25.1 Å². The molecule has 0 saturated carbocycles. The van der Waals surface area contributed by atoms with E-state index in [0.717, 1.165) is 30.3 Å². The molecule has 202 valence electrons. The molecular weight excluding hydrogens is 508 g/mol. The third-order valence-corrected chi connectivity index (χ3v) is 7.20. The number of hydrogen-bond acceptors (Lipinski definition) is 8. The van der Waals surface area contributed by atoms with Crippen LogP contribution in [0, 0.1) is 17.2 Å². The van der Waals surface area contributed by atoms with Crippen molar-refractivity contribution in [3.8, 4) is 17.2 Å². The van der Waals surface area contributed by atoms with Crippen LogP contribution in [0.2, 0.25) is 0 Å². The van der Waals surface area contributed by atoms with E-state index in [9.17, 15) is 14.4 Å².